The fourth-order valence-electron chi connectivity index (χ4n) is 0.689. The summed E-state index contributed by atoms with van der Waals surface area (Å²) < 4.78 is 4.16. The summed E-state index contributed by atoms with van der Waals surface area (Å²) in [7, 11) is 0. The number of carbonyl (C=O) groups is 2. The second kappa shape index (κ2) is 1.79. The van der Waals surface area contributed by atoms with Crippen LogP contribution in [0.15, 0.2) is 0 Å². The molecule has 1 heterocycles. The predicted octanol–water partition coefficient (Wildman–Crippen LogP) is -0.543. The van der Waals surface area contributed by atoms with Gasteiger partial charge in [-0.2, -0.15) is 0 Å². The molecule has 1 fully saturated rings. The van der Waals surface area contributed by atoms with Crippen LogP contribution in [0.3, 0.4) is 0 Å². The van der Waals surface area contributed by atoms with Gasteiger partial charge in [-0.3, -0.25) is 4.79 Å². The highest BCUT2D eigenvalue weighted by Crippen LogP contribution is 2.26. The van der Waals surface area contributed by atoms with Gasteiger partial charge in [-0.1, -0.05) is 0 Å². The predicted molar refractivity (Wildman–Crippen MR) is 30.9 cm³/mol. The molecule has 56 valence electrons. The monoisotopic (exact) mass is 144 g/mol. The van der Waals surface area contributed by atoms with Gasteiger partial charge in [0, 0.05) is 0 Å². The molecule has 0 aromatic rings. The zero-order chi connectivity index (χ0) is 7.94. The van der Waals surface area contributed by atoms with Gasteiger partial charge in [0.1, 0.15) is 0 Å². The molecule has 1 saturated heterocycles. The molecule has 2 atom stereocenters. The molecule has 10 heavy (non-hydrogen) atoms. The van der Waals surface area contributed by atoms with Gasteiger partial charge in [-0.15, -0.1) is 0 Å². The van der Waals surface area contributed by atoms with Crippen molar-refractivity contribution in [3.63, 3.8) is 0 Å². The lowest BCUT2D eigenvalue weighted by molar-refractivity contribution is -0.157. The van der Waals surface area contributed by atoms with Crippen molar-refractivity contribution in [1.29, 1.82) is 0 Å². The van der Waals surface area contributed by atoms with Crippen molar-refractivity contribution in [2.75, 3.05) is 0 Å². The zero-order valence-electron chi connectivity index (χ0n) is 5.75. The molecule has 0 aromatic heterocycles. The Labute approximate surface area is 57.8 Å². The Kier molecular flexibility index (Phi) is 1.29. The molecule has 1 aliphatic rings. The van der Waals surface area contributed by atoms with Crippen molar-refractivity contribution in [2.24, 2.45) is 5.92 Å². The molecule has 0 aliphatic carbocycles. The highest BCUT2D eigenvalue weighted by molar-refractivity contribution is 6.00. The minimum absolute atomic E-state index is 0.657. The van der Waals surface area contributed by atoms with Gasteiger partial charge >= 0.3 is 11.9 Å². The molecule has 4 heteroatoms. The Hall–Kier alpha value is -0.900. The first-order valence-corrected chi connectivity index (χ1v) is 2.94. The number of esters is 2. The fourth-order valence-corrected chi connectivity index (χ4v) is 0.689. The van der Waals surface area contributed by atoms with E-state index in [1.807, 2.05) is 0 Å². The molecule has 1 rings (SSSR count). The van der Waals surface area contributed by atoms with Crippen molar-refractivity contribution in [1.82, 2.24) is 0 Å². The third-order valence-electron chi connectivity index (χ3n) is 1.80. The van der Waals surface area contributed by atoms with Gasteiger partial charge in [-0.25, -0.2) is 4.79 Å². The molecule has 0 radical (unpaired) electrons. The molecule has 0 amide bonds. The van der Waals surface area contributed by atoms with Gasteiger partial charge in [0.25, 0.3) is 0 Å². The third-order valence-corrected chi connectivity index (χ3v) is 1.80. The van der Waals surface area contributed by atoms with E-state index in [9.17, 15) is 14.7 Å². The minimum Gasteiger partial charge on any atom is -0.391 e. The SMILES string of the molecule is CC1C(=O)OC(=O)C1(C)O. The topological polar surface area (TPSA) is 63.6 Å². The molecule has 0 aromatic carbocycles. The standard InChI is InChI=1S/C6H8O4/c1-3-4(7)10-5(8)6(3,2)9/h3,9H,1-2H3. The summed E-state index contributed by atoms with van der Waals surface area (Å²) in [5.41, 5.74) is -1.63. The maximum atomic E-state index is 10.6. The van der Waals surface area contributed by atoms with E-state index >= 15 is 0 Å². The second-order valence-corrected chi connectivity index (χ2v) is 2.58. The summed E-state index contributed by atoms with van der Waals surface area (Å²) in [6.07, 6.45) is 0. The van der Waals surface area contributed by atoms with E-state index in [1.165, 1.54) is 13.8 Å². The average Bonchev–Trinajstić information content (AvgIpc) is 1.97. The van der Waals surface area contributed by atoms with E-state index in [0.29, 0.717) is 0 Å². The minimum atomic E-state index is -1.63. The number of hydrogen-bond acceptors (Lipinski definition) is 4. The summed E-state index contributed by atoms with van der Waals surface area (Å²) in [6, 6.07) is 0. The summed E-state index contributed by atoms with van der Waals surface area (Å²) in [5, 5.41) is 9.21. The van der Waals surface area contributed by atoms with Gasteiger partial charge in [0.2, 0.25) is 0 Å². The molecule has 0 spiro atoms. The Bertz CT molecular complexity index is 194. The van der Waals surface area contributed by atoms with E-state index in [2.05, 4.69) is 4.74 Å². The Morgan fingerprint density at radius 1 is 1.60 bits per heavy atom. The molecule has 0 saturated carbocycles. The quantitative estimate of drug-likeness (QED) is 0.366. The summed E-state index contributed by atoms with van der Waals surface area (Å²) in [4.78, 5) is 21.2. The first-order chi connectivity index (χ1) is 4.46. The maximum absolute atomic E-state index is 10.6. The largest absolute Gasteiger partial charge is 0.391 e. The molecule has 0 bridgehead atoms. The lowest BCUT2D eigenvalue weighted by atomic mass is 9.94. The fraction of sp³-hybridized carbons (Fsp3) is 0.667. The van der Waals surface area contributed by atoms with Crippen LogP contribution in [0.4, 0.5) is 0 Å². The van der Waals surface area contributed by atoms with Crippen LogP contribution in [0.1, 0.15) is 13.8 Å². The third kappa shape index (κ3) is 0.724. The van der Waals surface area contributed by atoms with E-state index in [1.54, 1.807) is 0 Å². The molecule has 4 nitrogen and oxygen atoms in total. The van der Waals surface area contributed by atoms with Crippen molar-refractivity contribution >= 4 is 11.9 Å². The molecule has 1 aliphatic heterocycles. The highest BCUT2D eigenvalue weighted by Gasteiger charge is 2.50. The van der Waals surface area contributed by atoms with Gasteiger partial charge in [0.15, 0.2) is 5.60 Å². The Morgan fingerprint density at radius 2 is 2.10 bits per heavy atom. The van der Waals surface area contributed by atoms with E-state index in [-0.39, 0.29) is 0 Å². The molecular weight excluding hydrogens is 136 g/mol. The van der Waals surface area contributed by atoms with Crippen LogP contribution < -0.4 is 0 Å². The zero-order valence-corrected chi connectivity index (χ0v) is 5.75. The number of ether oxygens (including phenoxy) is 1. The van der Waals surface area contributed by atoms with Crippen molar-refractivity contribution in [2.45, 2.75) is 19.4 Å². The van der Waals surface area contributed by atoms with Crippen LogP contribution in [0, 0.1) is 5.92 Å². The van der Waals surface area contributed by atoms with Crippen LogP contribution >= 0.6 is 0 Å². The lowest BCUT2D eigenvalue weighted by Gasteiger charge is -2.12. The normalized spacial score (nSPS) is 40.1. The number of rotatable bonds is 0. The number of carbonyl (C=O) groups excluding carboxylic acids is 2. The Morgan fingerprint density at radius 3 is 2.20 bits per heavy atom. The second-order valence-electron chi connectivity index (χ2n) is 2.58. The first-order valence-electron chi connectivity index (χ1n) is 2.94. The van der Waals surface area contributed by atoms with E-state index in [0.717, 1.165) is 0 Å². The van der Waals surface area contributed by atoms with E-state index < -0.39 is 23.5 Å². The van der Waals surface area contributed by atoms with Crippen LogP contribution in [-0.2, 0) is 14.3 Å². The maximum Gasteiger partial charge on any atom is 0.346 e. The molecule has 2 unspecified atom stereocenters. The van der Waals surface area contributed by atoms with Crippen LogP contribution in [-0.4, -0.2) is 22.6 Å². The van der Waals surface area contributed by atoms with Gasteiger partial charge < -0.3 is 9.84 Å². The molecule has 1 N–H and O–H groups in total. The summed E-state index contributed by atoms with van der Waals surface area (Å²) in [6.45, 7) is 2.72. The van der Waals surface area contributed by atoms with Crippen LogP contribution in [0.5, 0.6) is 0 Å². The lowest BCUT2D eigenvalue weighted by Crippen LogP contribution is -2.36. The summed E-state index contributed by atoms with van der Waals surface area (Å²) in [5.74, 6) is -2.26. The Balaban J connectivity index is 2.96. The van der Waals surface area contributed by atoms with Gasteiger partial charge in [-0.05, 0) is 13.8 Å². The van der Waals surface area contributed by atoms with E-state index in [4.69, 9.17) is 0 Å². The van der Waals surface area contributed by atoms with Crippen molar-refractivity contribution < 1.29 is 19.4 Å². The van der Waals surface area contributed by atoms with Crippen molar-refractivity contribution in [3.05, 3.63) is 0 Å². The number of cyclic esters (lactones) is 2. The average molecular weight is 144 g/mol. The number of hydrogen-bond donors (Lipinski definition) is 1. The smallest absolute Gasteiger partial charge is 0.346 e. The number of aliphatic hydroxyl groups is 1. The first kappa shape index (κ1) is 7.21. The van der Waals surface area contributed by atoms with Gasteiger partial charge in [0.05, 0.1) is 5.92 Å². The molecular formula is C6H8O4. The summed E-state index contributed by atoms with van der Waals surface area (Å²) >= 11 is 0. The highest BCUT2D eigenvalue weighted by atomic mass is 16.6. The van der Waals surface area contributed by atoms with Crippen molar-refractivity contribution in [3.8, 4) is 0 Å². The van der Waals surface area contributed by atoms with Crippen LogP contribution in [0.2, 0.25) is 0 Å². The van der Waals surface area contributed by atoms with Crippen LogP contribution in [0.25, 0.3) is 0 Å².